The highest BCUT2D eigenvalue weighted by Gasteiger charge is 2.53. The summed E-state index contributed by atoms with van der Waals surface area (Å²) in [6.45, 7) is -3.83. The van der Waals surface area contributed by atoms with E-state index in [1.807, 2.05) is 0 Å². The smallest absolute Gasteiger partial charge is 0.303 e. The van der Waals surface area contributed by atoms with E-state index in [0.29, 0.717) is 0 Å². The van der Waals surface area contributed by atoms with Gasteiger partial charge >= 0.3 is 23.9 Å². The Labute approximate surface area is 194 Å². The molecule has 0 radical (unpaired) electrons. The summed E-state index contributed by atoms with van der Waals surface area (Å²) in [6.07, 6.45) is -6.11. The number of ether oxygens (including phenoxy) is 5. The fraction of sp³-hybridized carbons (Fsp3) is 0.455. The van der Waals surface area contributed by atoms with Crippen LogP contribution < -0.4 is 0 Å². The highest BCUT2D eigenvalue weighted by molar-refractivity contribution is 5.81. The molecule has 1 aliphatic rings. The Hall–Kier alpha value is -3.47. The predicted octanol–water partition coefficient (Wildman–Crippen LogP) is 2.04. The van der Waals surface area contributed by atoms with Crippen LogP contribution in [0.3, 0.4) is 0 Å². The second-order valence-corrected chi connectivity index (χ2v) is 7.01. The molecule has 1 saturated heterocycles. The van der Waals surface area contributed by atoms with E-state index in [1.165, 1.54) is 35.0 Å². The number of benzene rings is 1. The monoisotopic (exact) mass is 469 g/mol. The van der Waals surface area contributed by atoms with Gasteiger partial charge in [-0.2, -0.15) is 0 Å². The third-order valence-electron chi connectivity index (χ3n) is 4.80. The van der Waals surface area contributed by atoms with Gasteiger partial charge in [0, 0.05) is 44.7 Å². The van der Waals surface area contributed by atoms with Gasteiger partial charge in [-0.1, -0.05) is 6.07 Å². The molecular formula is C22H24FNO9. The number of carbonyl (C=O) groups excluding carboxylic acids is 4. The summed E-state index contributed by atoms with van der Waals surface area (Å²) >= 11 is 0. The average Bonchev–Trinajstić information content (AvgIpc) is 3.34. The number of fused-ring (bicyclic) bond motifs is 1. The van der Waals surface area contributed by atoms with Crippen LogP contribution in [-0.4, -0.2) is 59.5 Å². The van der Waals surface area contributed by atoms with E-state index >= 15 is 0 Å². The Morgan fingerprint density at radius 1 is 0.939 bits per heavy atom. The van der Waals surface area contributed by atoms with E-state index in [0.717, 1.165) is 0 Å². The molecule has 2 heterocycles. The fourth-order valence-corrected chi connectivity index (χ4v) is 3.66. The van der Waals surface area contributed by atoms with Gasteiger partial charge in [-0.15, -0.1) is 0 Å². The molecule has 0 saturated carbocycles. The highest BCUT2D eigenvalue weighted by atomic mass is 19.1. The molecule has 1 aromatic heterocycles. The molecule has 0 aliphatic carbocycles. The van der Waals surface area contributed by atoms with E-state index in [2.05, 4.69) is 0 Å². The number of halogens is 1. The Kier molecular flexibility index (Phi) is 5.76. The summed E-state index contributed by atoms with van der Waals surface area (Å²) in [5.41, 5.74) is 0.283. The van der Waals surface area contributed by atoms with Crippen molar-refractivity contribution in [1.29, 1.82) is 0 Å². The van der Waals surface area contributed by atoms with E-state index in [4.69, 9.17) is 29.2 Å². The first-order chi connectivity index (χ1) is 17.7. The number of nitrogens with zero attached hydrogens (tertiary/aromatic N) is 1. The van der Waals surface area contributed by atoms with Crippen molar-refractivity contribution in [2.24, 2.45) is 0 Å². The number of rotatable bonds is 6. The Morgan fingerprint density at radius 3 is 2.24 bits per heavy atom. The van der Waals surface area contributed by atoms with E-state index < -0.39 is 94.5 Å². The quantitative estimate of drug-likeness (QED) is 0.462. The van der Waals surface area contributed by atoms with Crippen LogP contribution in [0.25, 0.3) is 10.9 Å². The molecule has 11 heteroatoms. The fourth-order valence-electron chi connectivity index (χ4n) is 3.66. The predicted molar refractivity (Wildman–Crippen MR) is 109 cm³/mol. The summed E-state index contributed by atoms with van der Waals surface area (Å²) in [5, 5.41) is 0.177. The standard InChI is InChI=1S/C22H24FNO9/c1-11(25)29-10-18-19(30-12(2)26)20(31-13(3)27)21(32-14(4)28)22(33-18)24-9-8-15-16(23)6-5-7-17(15)24/h5-9,18-22H,10H2,1-4H3/t18-,19-,20+,21-,22?/m1/s1/i1D,2D,3D,4D. The van der Waals surface area contributed by atoms with Crippen LogP contribution in [0.15, 0.2) is 30.5 Å². The van der Waals surface area contributed by atoms with Crippen molar-refractivity contribution in [2.75, 3.05) is 6.61 Å². The first-order valence-electron chi connectivity index (χ1n) is 12.4. The zero-order valence-electron chi connectivity index (χ0n) is 21.3. The van der Waals surface area contributed by atoms with Gasteiger partial charge in [0.1, 0.15) is 18.5 Å². The van der Waals surface area contributed by atoms with Gasteiger partial charge in [0.05, 0.1) is 5.52 Å². The minimum absolute atomic E-state index is 0.177. The number of esters is 4. The van der Waals surface area contributed by atoms with Crippen LogP contribution >= 0.6 is 0 Å². The molecule has 178 valence electrons. The van der Waals surface area contributed by atoms with Gasteiger partial charge in [0.25, 0.3) is 0 Å². The van der Waals surface area contributed by atoms with Crippen molar-refractivity contribution in [3.63, 3.8) is 0 Å². The SMILES string of the molecule is [2H]CC(=O)OC[C@H]1OC(n2ccc3c(F)cccc32)[C@H](OC(=O)C[2H])[C@@H](OC(=O)C[2H])[C@@H]1OC(=O)C[2H]. The second kappa shape index (κ2) is 9.99. The largest absolute Gasteiger partial charge is 0.463 e. The van der Waals surface area contributed by atoms with Gasteiger partial charge in [-0.05, 0) is 18.2 Å². The maximum atomic E-state index is 14.4. The van der Waals surface area contributed by atoms with Crippen LogP contribution in [-0.2, 0) is 42.9 Å². The molecule has 1 unspecified atom stereocenters. The summed E-state index contributed by atoms with van der Waals surface area (Å²) in [4.78, 5) is 48.1. The van der Waals surface area contributed by atoms with Gasteiger partial charge in [-0.3, -0.25) is 19.2 Å². The first kappa shape index (κ1) is 19.0. The number of hydrogen-bond donors (Lipinski definition) is 0. The van der Waals surface area contributed by atoms with Crippen LogP contribution in [0.2, 0.25) is 0 Å². The molecule has 0 amide bonds. The average molecular weight is 469 g/mol. The number of carbonyl (C=O) groups is 4. The molecule has 10 nitrogen and oxygen atoms in total. The van der Waals surface area contributed by atoms with Crippen molar-refractivity contribution < 1.29 is 52.7 Å². The summed E-state index contributed by atoms with van der Waals surface area (Å²) in [6, 6.07) is 5.61. The van der Waals surface area contributed by atoms with Gasteiger partial charge in [0.15, 0.2) is 24.5 Å². The summed E-state index contributed by atoms with van der Waals surface area (Å²) in [7, 11) is 0. The van der Waals surface area contributed by atoms with Crippen LogP contribution in [0.4, 0.5) is 4.39 Å². The molecule has 33 heavy (non-hydrogen) atoms. The molecule has 3 rings (SSSR count). The van der Waals surface area contributed by atoms with Crippen LogP contribution in [0.1, 0.15) is 39.3 Å². The van der Waals surface area contributed by atoms with Gasteiger partial charge in [0.2, 0.25) is 0 Å². The van der Waals surface area contributed by atoms with Crippen molar-refractivity contribution >= 4 is 34.8 Å². The maximum absolute atomic E-state index is 14.4. The Bertz CT molecular complexity index is 1150. The molecule has 0 bridgehead atoms. The maximum Gasteiger partial charge on any atom is 0.303 e. The third kappa shape index (κ3) is 5.48. The molecule has 0 spiro atoms. The number of hydrogen-bond acceptors (Lipinski definition) is 9. The van der Waals surface area contributed by atoms with Crippen molar-refractivity contribution in [3.8, 4) is 0 Å². The van der Waals surface area contributed by atoms with E-state index in [9.17, 15) is 23.6 Å². The molecule has 0 N–H and O–H groups in total. The first-order valence-corrected chi connectivity index (χ1v) is 9.55. The van der Waals surface area contributed by atoms with Crippen LogP contribution in [0.5, 0.6) is 0 Å². The Morgan fingerprint density at radius 2 is 1.58 bits per heavy atom. The minimum atomic E-state index is -1.63. The van der Waals surface area contributed by atoms with Crippen molar-refractivity contribution in [3.05, 3.63) is 36.3 Å². The van der Waals surface area contributed by atoms with E-state index in [1.54, 1.807) is 0 Å². The lowest BCUT2D eigenvalue weighted by molar-refractivity contribution is -0.267. The Balaban J connectivity index is 2.14. The van der Waals surface area contributed by atoms with Crippen molar-refractivity contribution in [1.82, 2.24) is 4.57 Å². The minimum Gasteiger partial charge on any atom is -0.463 e. The zero-order valence-corrected chi connectivity index (χ0v) is 17.3. The molecular weight excluding hydrogens is 441 g/mol. The number of aromatic nitrogens is 1. The molecule has 2 aromatic rings. The summed E-state index contributed by atoms with van der Waals surface area (Å²) in [5.74, 6) is -4.73. The lowest BCUT2D eigenvalue weighted by Gasteiger charge is -2.44. The molecule has 1 aromatic carbocycles. The molecule has 1 aliphatic heterocycles. The van der Waals surface area contributed by atoms with Gasteiger partial charge in [-0.25, -0.2) is 4.39 Å². The van der Waals surface area contributed by atoms with Crippen molar-refractivity contribution in [2.45, 2.75) is 58.2 Å². The van der Waals surface area contributed by atoms with Gasteiger partial charge < -0.3 is 28.3 Å². The topological polar surface area (TPSA) is 119 Å². The normalized spacial score (nSPS) is 26.3. The zero-order chi connectivity index (χ0) is 27.1. The summed E-state index contributed by atoms with van der Waals surface area (Å²) < 4.78 is 71.8. The van der Waals surface area contributed by atoms with E-state index in [-0.39, 0.29) is 10.9 Å². The molecule has 1 fully saturated rings. The third-order valence-corrected chi connectivity index (χ3v) is 4.80. The second-order valence-electron chi connectivity index (χ2n) is 7.01. The molecule has 5 atom stereocenters. The lowest BCUT2D eigenvalue weighted by atomic mass is 9.97. The lowest BCUT2D eigenvalue weighted by Crippen LogP contribution is -2.60. The highest BCUT2D eigenvalue weighted by Crippen LogP contribution is 2.37. The van der Waals surface area contributed by atoms with Crippen LogP contribution in [0, 0.1) is 5.82 Å².